The molecular weight excluding hydrogens is 236 g/mol. The van der Waals surface area contributed by atoms with E-state index in [0.717, 1.165) is 4.90 Å². The summed E-state index contributed by atoms with van der Waals surface area (Å²) in [6, 6.07) is 0. The SMILES string of the molecule is CC(C)CC(CN)C(=O)N(CC(N)=O)CC(N)=O. The van der Waals surface area contributed by atoms with Gasteiger partial charge in [-0.15, -0.1) is 0 Å². The molecule has 3 amide bonds. The van der Waals surface area contributed by atoms with E-state index in [4.69, 9.17) is 17.2 Å². The lowest BCUT2D eigenvalue weighted by Gasteiger charge is -2.25. The van der Waals surface area contributed by atoms with Gasteiger partial charge in [0.2, 0.25) is 17.7 Å². The minimum absolute atomic E-state index is 0.158. The first-order chi connectivity index (χ1) is 8.27. The van der Waals surface area contributed by atoms with Crippen molar-refractivity contribution in [2.45, 2.75) is 20.3 Å². The van der Waals surface area contributed by atoms with Crippen LogP contribution < -0.4 is 17.2 Å². The fourth-order valence-corrected chi connectivity index (χ4v) is 1.71. The first-order valence-electron chi connectivity index (χ1n) is 5.83. The first-order valence-corrected chi connectivity index (χ1v) is 5.83. The molecule has 0 aliphatic heterocycles. The largest absolute Gasteiger partial charge is 0.368 e. The van der Waals surface area contributed by atoms with Crippen molar-refractivity contribution >= 4 is 17.7 Å². The van der Waals surface area contributed by atoms with Crippen LogP contribution in [0.15, 0.2) is 0 Å². The Hall–Kier alpha value is -1.63. The number of nitrogens with two attached hydrogens (primary N) is 3. The molecule has 0 saturated heterocycles. The number of carbonyl (C=O) groups excluding carboxylic acids is 3. The molecule has 0 aromatic rings. The van der Waals surface area contributed by atoms with Crippen molar-refractivity contribution in [3.63, 3.8) is 0 Å². The molecule has 0 aromatic heterocycles. The molecule has 6 N–H and O–H groups in total. The average Bonchev–Trinajstić information content (AvgIpc) is 2.22. The molecule has 7 nitrogen and oxygen atoms in total. The topological polar surface area (TPSA) is 133 Å². The summed E-state index contributed by atoms with van der Waals surface area (Å²) >= 11 is 0. The molecule has 18 heavy (non-hydrogen) atoms. The summed E-state index contributed by atoms with van der Waals surface area (Å²) in [5, 5.41) is 0. The third-order valence-electron chi connectivity index (χ3n) is 2.39. The van der Waals surface area contributed by atoms with E-state index < -0.39 is 17.7 Å². The highest BCUT2D eigenvalue weighted by Crippen LogP contribution is 2.13. The summed E-state index contributed by atoms with van der Waals surface area (Å²) in [7, 11) is 0. The Balaban J connectivity index is 4.78. The van der Waals surface area contributed by atoms with Crippen LogP contribution in [0.4, 0.5) is 0 Å². The summed E-state index contributed by atoms with van der Waals surface area (Å²) in [6.07, 6.45) is 0.587. The van der Waals surface area contributed by atoms with E-state index in [1.807, 2.05) is 13.8 Å². The maximum absolute atomic E-state index is 12.1. The van der Waals surface area contributed by atoms with Crippen molar-refractivity contribution in [1.82, 2.24) is 4.90 Å². The first kappa shape index (κ1) is 16.4. The second kappa shape index (κ2) is 7.65. The quantitative estimate of drug-likeness (QED) is 0.484. The van der Waals surface area contributed by atoms with Gasteiger partial charge in [0, 0.05) is 6.54 Å². The summed E-state index contributed by atoms with van der Waals surface area (Å²) < 4.78 is 0. The minimum Gasteiger partial charge on any atom is -0.368 e. The second-order valence-corrected chi connectivity index (χ2v) is 4.69. The molecule has 0 fully saturated rings. The number of amides is 3. The molecule has 0 aliphatic carbocycles. The maximum atomic E-state index is 12.1. The molecule has 1 atom stereocenters. The van der Waals surface area contributed by atoms with Gasteiger partial charge in [0.05, 0.1) is 19.0 Å². The molecule has 0 bridgehead atoms. The predicted molar refractivity (Wildman–Crippen MR) is 67.0 cm³/mol. The van der Waals surface area contributed by atoms with Gasteiger partial charge in [0.1, 0.15) is 0 Å². The van der Waals surface area contributed by atoms with Crippen LogP contribution in [0.3, 0.4) is 0 Å². The van der Waals surface area contributed by atoms with Crippen LogP contribution in [0, 0.1) is 11.8 Å². The lowest BCUT2D eigenvalue weighted by molar-refractivity contribution is -0.141. The Kier molecular flexibility index (Phi) is 6.96. The van der Waals surface area contributed by atoms with Crippen LogP contribution in [0.5, 0.6) is 0 Å². The molecular formula is C11H22N4O3. The van der Waals surface area contributed by atoms with Crippen molar-refractivity contribution in [2.75, 3.05) is 19.6 Å². The summed E-state index contributed by atoms with van der Waals surface area (Å²) in [6.45, 7) is 3.43. The highest BCUT2D eigenvalue weighted by Gasteiger charge is 2.26. The van der Waals surface area contributed by atoms with Gasteiger partial charge < -0.3 is 22.1 Å². The number of nitrogens with zero attached hydrogens (tertiary/aromatic N) is 1. The smallest absolute Gasteiger partial charge is 0.237 e. The van der Waals surface area contributed by atoms with E-state index in [2.05, 4.69) is 0 Å². The summed E-state index contributed by atoms with van der Waals surface area (Å²) in [5.41, 5.74) is 15.6. The normalized spacial score (nSPS) is 12.2. The van der Waals surface area contributed by atoms with Crippen molar-refractivity contribution in [3.05, 3.63) is 0 Å². The Morgan fingerprint density at radius 3 is 1.78 bits per heavy atom. The van der Waals surface area contributed by atoms with E-state index in [0.29, 0.717) is 6.42 Å². The second-order valence-electron chi connectivity index (χ2n) is 4.69. The lowest BCUT2D eigenvalue weighted by atomic mass is 9.96. The molecule has 0 aromatic carbocycles. The van der Waals surface area contributed by atoms with E-state index in [1.165, 1.54) is 0 Å². The molecule has 0 spiro atoms. The van der Waals surface area contributed by atoms with Gasteiger partial charge in [-0.3, -0.25) is 14.4 Å². The van der Waals surface area contributed by atoms with Gasteiger partial charge in [-0.1, -0.05) is 13.8 Å². The van der Waals surface area contributed by atoms with Crippen molar-refractivity contribution in [3.8, 4) is 0 Å². The van der Waals surface area contributed by atoms with Crippen molar-refractivity contribution in [1.29, 1.82) is 0 Å². The zero-order valence-electron chi connectivity index (χ0n) is 10.9. The van der Waals surface area contributed by atoms with Gasteiger partial charge in [-0.05, 0) is 12.3 Å². The van der Waals surface area contributed by atoms with Crippen LogP contribution in [-0.4, -0.2) is 42.3 Å². The molecule has 0 saturated carbocycles. The molecule has 0 aliphatic rings. The van der Waals surface area contributed by atoms with E-state index in [9.17, 15) is 14.4 Å². The molecule has 0 radical (unpaired) electrons. The Bertz CT molecular complexity index is 301. The maximum Gasteiger partial charge on any atom is 0.237 e. The number of primary amides is 2. The third kappa shape index (κ3) is 6.19. The standard InChI is InChI=1S/C11H22N4O3/c1-7(2)3-8(4-12)11(18)15(5-9(13)16)6-10(14)17/h7-8H,3-6,12H2,1-2H3,(H2,13,16)(H2,14,17). The molecule has 0 rings (SSSR count). The van der Waals surface area contributed by atoms with E-state index in [1.54, 1.807) is 0 Å². The molecule has 7 heteroatoms. The molecule has 0 heterocycles. The predicted octanol–water partition coefficient (Wildman–Crippen LogP) is -1.59. The van der Waals surface area contributed by atoms with E-state index >= 15 is 0 Å². The van der Waals surface area contributed by atoms with Crippen LogP contribution in [0.1, 0.15) is 20.3 Å². The van der Waals surface area contributed by atoms with Gasteiger partial charge in [0.15, 0.2) is 0 Å². The molecule has 1 unspecified atom stereocenters. The number of carbonyl (C=O) groups is 3. The minimum atomic E-state index is -0.690. The number of hydrogen-bond acceptors (Lipinski definition) is 4. The van der Waals surface area contributed by atoms with Crippen LogP contribution in [0.25, 0.3) is 0 Å². The highest BCUT2D eigenvalue weighted by atomic mass is 16.2. The number of hydrogen-bond donors (Lipinski definition) is 3. The highest BCUT2D eigenvalue weighted by molar-refractivity contribution is 5.89. The number of rotatable bonds is 8. The van der Waals surface area contributed by atoms with Gasteiger partial charge >= 0.3 is 0 Å². The van der Waals surface area contributed by atoms with Crippen LogP contribution >= 0.6 is 0 Å². The Morgan fingerprint density at radius 2 is 1.50 bits per heavy atom. The Morgan fingerprint density at radius 1 is 1.06 bits per heavy atom. The van der Waals surface area contributed by atoms with Crippen LogP contribution in [0.2, 0.25) is 0 Å². The van der Waals surface area contributed by atoms with Crippen LogP contribution in [-0.2, 0) is 14.4 Å². The van der Waals surface area contributed by atoms with Gasteiger partial charge in [-0.2, -0.15) is 0 Å². The van der Waals surface area contributed by atoms with Gasteiger partial charge in [0.25, 0.3) is 0 Å². The zero-order valence-corrected chi connectivity index (χ0v) is 10.9. The zero-order chi connectivity index (χ0) is 14.3. The Labute approximate surface area is 107 Å². The summed E-state index contributed by atoms with van der Waals surface area (Å²) in [4.78, 5) is 34.9. The van der Waals surface area contributed by atoms with Gasteiger partial charge in [-0.25, -0.2) is 0 Å². The third-order valence-corrected chi connectivity index (χ3v) is 2.39. The van der Waals surface area contributed by atoms with Crippen molar-refractivity contribution < 1.29 is 14.4 Å². The lowest BCUT2D eigenvalue weighted by Crippen LogP contribution is -2.47. The monoisotopic (exact) mass is 258 g/mol. The fourth-order valence-electron chi connectivity index (χ4n) is 1.71. The average molecular weight is 258 g/mol. The van der Waals surface area contributed by atoms with E-state index in [-0.39, 0.29) is 31.5 Å². The molecule has 104 valence electrons. The fraction of sp³-hybridized carbons (Fsp3) is 0.727. The van der Waals surface area contributed by atoms with Crippen molar-refractivity contribution in [2.24, 2.45) is 29.0 Å². The summed E-state index contributed by atoms with van der Waals surface area (Å²) in [5.74, 6) is -1.88.